The van der Waals surface area contributed by atoms with Crippen molar-refractivity contribution in [3.63, 3.8) is 0 Å². The minimum atomic E-state index is -1.12. The van der Waals surface area contributed by atoms with E-state index >= 15 is 0 Å². The molecule has 3 rings (SSSR count). The Hall–Kier alpha value is -2.19. The molecular weight excluding hydrogens is 442 g/mol. The third-order valence-electron chi connectivity index (χ3n) is 3.43. The van der Waals surface area contributed by atoms with Gasteiger partial charge in [-0.25, -0.2) is 9.78 Å². The molecule has 1 amide bonds. The first-order valence-electron chi connectivity index (χ1n) is 6.85. The molecule has 122 valence electrons. The van der Waals surface area contributed by atoms with Gasteiger partial charge in [0.2, 0.25) is 0 Å². The fourth-order valence-corrected chi connectivity index (χ4v) is 3.09. The predicted octanol–water partition coefficient (Wildman–Crippen LogP) is 4.12. The Labute approximate surface area is 153 Å². The lowest BCUT2D eigenvalue weighted by Gasteiger charge is -2.09. The molecule has 0 radical (unpaired) electrons. The standard InChI is InChI=1S/C16H11Br2N3O3/c1-8-14(21-7-10(18)3-5-13(21)19-8)15(22)20-12-4-2-9(17)6-11(12)16(23)24/h2-7H,1H3,(H,20,22)(H,23,24). The summed E-state index contributed by atoms with van der Waals surface area (Å²) < 4.78 is 3.08. The van der Waals surface area contributed by atoms with Gasteiger partial charge in [-0.15, -0.1) is 0 Å². The number of anilines is 1. The van der Waals surface area contributed by atoms with Crippen LogP contribution in [0, 0.1) is 6.92 Å². The topological polar surface area (TPSA) is 83.7 Å². The number of rotatable bonds is 3. The summed E-state index contributed by atoms with van der Waals surface area (Å²) in [6, 6.07) is 8.27. The molecule has 2 N–H and O–H groups in total. The van der Waals surface area contributed by atoms with E-state index in [1.807, 2.05) is 6.07 Å². The summed E-state index contributed by atoms with van der Waals surface area (Å²) >= 11 is 6.59. The highest BCUT2D eigenvalue weighted by atomic mass is 79.9. The Morgan fingerprint density at radius 1 is 1.17 bits per heavy atom. The number of pyridine rings is 1. The number of carboxylic acids is 1. The van der Waals surface area contributed by atoms with Crippen molar-refractivity contribution in [1.82, 2.24) is 9.38 Å². The number of hydrogen-bond acceptors (Lipinski definition) is 3. The van der Waals surface area contributed by atoms with E-state index in [9.17, 15) is 14.7 Å². The van der Waals surface area contributed by atoms with Gasteiger partial charge in [-0.1, -0.05) is 15.9 Å². The minimum Gasteiger partial charge on any atom is -0.478 e. The number of nitrogens with one attached hydrogen (secondary N) is 1. The first-order valence-corrected chi connectivity index (χ1v) is 8.44. The van der Waals surface area contributed by atoms with Gasteiger partial charge in [0.05, 0.1) is 16.9 Å². The second-order valence-corrected chi connectivity index (χ2v) is 6.90. The van der Waals surface area contributed by atoms with Gasteiger partial charge in [0, 0.05) is 15.1 Å². The summed E-state index contributed by atoms with van der Waals surface area (Å²) in [5.41, 5.74) is 1.77. The monoisotopic (exact) mass is 451 g/mol. The van der Waals surface area contributed by atoms with Crippen LogP contribution in [0.4, 0.5) is 5.69 Å². The number of fused-ring (bicyclic) bond motifs is 1. The molecule has 0 spiro atoms. The quantitative estimate of drug-likeness (QED) is 0.626. The number of halogens is 2. The van der Waals surface area contributed by atoms with Crippen LogP contribution in [0.5, 0.6) is 0 Å². The Kier molecular flexibility index (Phi) is 4.42. The van der Waals surface area contributed by atoms with Gasteiger partial charge in [0.25, 0.3) is 5.91 Å². The number of benzene rings is 1. The number of aromatic nitrogens is 2. The lowest BCUT2D eigenvalue weighted by Crippen LogP contribution is -2.17. The minimum absolute atomic E-state index is 0.00498. The summed E-state index contributed by atoms with van der Waals surface area (Å²) in [6.45, 7) is 1.73. The number of carboxylic acid groups (broad SMARTS) is 1. The van der Waals surface area contributed by atoms with E-state index in [4.69, 9.17) is 0 Å². The molecular formula is C16H11Br2N3O3. The van der Waals surface area contributed by atoms with E-state index in [1.54, 1.807) is 35.7 Å². The molecule has 0 aliphatic carbocycles. The molecule has 0 atom stereocenters. The van der Waals surface area contributed by atoms with Crippen molar-refractivity contribution < 1.29 is 14.7 Å². The SMILES string of the molecule is Cc1nc2ccc(Br)cn2c1C(=O)Nc1ccc(Br)cc1C(=O)O. The third kappa shape index (κ3) is 3.07. The summed E-state index contributed by atoms with van der Waals surface area (Å²) in [7, 11) is 0. The summed E-state index contributed by atoms with van der Waals surface area (Å²) in [6.07, 6.45) is 1.74. The highest BCUT2D eigenvalue weighted by molar-refractivity contribution is 9.10. The maximum atomic E-state index is 12.7. The zero-order valence-corrected chi connectivity index (χ0v) is 15.6. The largest absolute Gasteiger partial charge is 0.478 e. The number of carbonyl (C=O) groups excluding carboxylic acids is 1. The van der Waals surface area contributed by atoms with Crippen LogP contribution in [0.2, 0.25) is 0 Å². The second-order valence-electron chi connectivity index (χ2n) is 5.07. The Bertz CT molecular complexity index is 982. The van der Waals surface area contributed by atoms with E-state index in [-0.39, 0.29) is 11.3 Å². The number of hydrogen-bond donors (Lipinski definition) is 2. The van der Waals surface area contributed by atoms with Crippen molar-refractivity contribution in [2.45, 2.75) is 6.92 Å². The van der Waals surface area contributed by atoms with Crippen LogP contribution in [0.1, 0.15) is 26.5 Å². The molecule has 0 fully saturated rings. The zero-order valence-electron chi connectivity index (χ0n) is 12.4. The zero-order chi connectivity index (χ0) is 17.4. The summed E-state index contributed by atoms with van der Waals surface area (Å²) in [5, 5.41) is 12.0. The smallest absolute Gasteiger partial charge is 0.337 e. The van der Waals surface area contributed by atoms with Crippen molar-refractivity contribution in [3.05, 3.63) is 62.4 Å². The predicted molar refractivity (Wildman–Crippen MR) is 96.7 cm³/mol. The molecule has 1 aromatic carbocycles. The Morgan fingerprint density at radius 3 is 2.58 bits per heavy atom. The van der Waals surface area contributed by atoms with Crippen LogP contribution in [-0.4, -0.2) is 26.4 Å². The molecule has 0 bridgehead atoms. The van der Waals surface area contributed by atoms with Crippen LogP contribution < -0.4 is 5.32 Å². The Balaban J connectivity index is 2.04. The molecule has 0 aliphatic heterocycles. The molecule has 3 aromatic rings. The number of amides is 1. The third-order valence-corrected chi connectivity index (χ3v) is 4.39. The van der Waals surface area contributed by atoms with Crippen LogP contribution in [-0.2, 0) is 0 Å². The van der Waals surface area contributed by atoms with E-state index in [1.165, 1.54) is 6.07 Å². The molecule has 0 saturated carbocycles. The van der Waals surface area contributed by atoms with Gasteiger partial charge >= 0.3 is 5.97 Å². The Morgan fingerprint density at radius 2 is 1.88 bits per heavy atom. The van der Waals surface area contributed by atoms with Gasteiger partial charge in [0.15, 0.2) is 0 Å². The highest BCUT2D eigenvalue weighted by Crippen LogP contribution is 2.23. The molecule has 8 heteroatoms. The van der Waals surface area contributed by atoms with Gasteiger partial charge in [-0.05, 0) is 53.2 Å². The van der Waals surface area contributed by atoms with Crippen LogP contribution in [0.25, 0.3) is 5.65 Å². The lowest BCUT2D eigenvalue weighted by molar-refractivity contribution is 0.0698. The maximum Gasteiger partial charge on any atom is 0.337 e. The van der Waals surface area contributed by atoms with Gasteiger partial charge in [-0.3, -0.25) is 9.20 Å². The molecule has 0 unspecified atom stereocenters. The first kappa shape index (κ1) is 16.7. The highest BCUT2D eigenvalue weighted by Gasteiger charge is 2.19. The van der Waals surface area contributed by atoms with Crippen LogP contribution >= 0.6 is 31.9 Å². The molecule has 2 aromatic heterocycles. The average molecular weight is 453 g/mol. The van der Waals surface area contributed by atoms with Crippen LogP contribution in [0.15, 0.2) is 45.5 Å². The molecule has 6 nitrogen and oxygen atoms in total. The fourth-order valence-electron chi connectivity index (χ4n) is 2.39. The summed E-state index contributed by atoms with van der Waals surface area (Å²) in [5.74, 6) is -1.55. The molecule has 0 saturated heterocycles. The number of aryl methyl sites for hydroxylation is 1. The van der Waals surface area contributed by atoms with Crippen LogP contribution in [0.3, 0.4) is 0 Å². The van der Waals surface area contributed by atoms with Crippen molar-refractivity contribution in [2.24, 2.45) is 0 Å². The van der Waals surface area contributed by atoms with E-state index in [2.05, 4.69) is 42.2 Å². The van der Waals surface area contributed by atoms with E-state index < -0.39 is 11.9 Å². The molecule has 24 heavy (non-hydrogen) atoms. The normalized spacial score (nSPS) is 10.8. The first-order chi connectivity index (χ1) is 11.4. The van der Waals surface area contributed by atoms with Crippen molar-refractivity contribution in [2.75, 3.05) is 5.32 Å². The lowest BCUT2D eigenvalue weighted by atomic mass is 10.1. The fraction of sp³-hybridized carbons (Fsp3) is 0.0625. The van der Waals surface area contributed by atoms with Gasteiger partial charge < -0.3 is 10.4 Å². The number of imidazole rings is 1. The van der Waals surface area contributed by atoms with E-state index in [0.29, 0.717) is 21.5 Å². The van der Waals surface area contributed by atoms with Crippen molar-refractivity contribution >= 4 is 55.1 Å². The van der Waals surface area contributed by atoms with Gasteiger partial charge in [0.1, 0.15) is 11.3 Å². The molecule has 2 heterocycles. The summed E-state index contributed by atoms with van der Waals surface area (Å²) in [4.78, 5) is 28.4. The second kappa shape index (κ2) is 6.37. The van der Waals surface area contributed by atoms with Crippen molar-refractivity contribution in [3.8, 4) is 0 Å². The average Bonchev–Trinajstić information content (AvgIpc) is 2.84. The van der Waals surface area contributed by atoms with E-state index in [0.717, 1.165) is 4.47 Å². The number of aromatic carboxylic acids is 1. The maximum absolute atomic E-state index is 12.7. The van der Waals surface area contributed by atoms with Crippen molar-refractivity contribution in [1.29, 1.82) is 0 Å². The molecule has 0 aliphatic rings. The number of nitrogens with zero attached hydrogens (tertiary/aromatic N) is 2. The number of carbonyl (C=O) groups is 2. The van der Waals surface area contributed by atoms with Gasteiger partial charge in [-0.2, -0.15) is 0 Å².